The molecule has 0 aromatic heterocycles. The van der Waals surface area contributed by atoms with Crippen LogP contribution in [0.25, 0.3) is 0 Å². The topological polar surface area (TPSA) is 48.9 Å². The number of ether oxygens (including phenoxy) is 1. The first-order chi connectivity index (χ1) is 12.3. The fourth-order valence-corrected chi connectivity index (χ4v) is 3.39. The smallest absolute Gasteiger partial charge is 0.191 e. The van der Waals surface area contributed by atoms with Gasteiger partial charge in [0.2, 0.25) is 0 Å². The van der Waals surface area contributed by atoms with Crippen LogP contribution in [0.15, 0.2) is 4.99 Å². The van der Waals surface area contributed by atoms with Crippen molar-refractivity contribution in [3.8, 4) is 0 Å². The van der Waals surface area contributed by atoms with Crippen molar-refractivity contribution in [2.75, 3.05) is 52.5 Å². The Kier molecular flexibility index (Phi) is 13.7. The molecule has 0 radical (unpaired) electrons. The molecule has 26 heavy (non-hydrogen) atoms. The van der Waals surface area contributed by atoms with Crippen LogP contribution in [-0.4, -0.2) is 63.3 Å². The van der Waals surface area contributed by atoms with Crippen molar-refractivity contribution in [3.05, 3.63) is 0 Å². The van der Waals surface area contributed by atoms with Crippen molar-refractivity contribution in [2.45, 2.75) is 58.8 Å². The van der Waals surface area contributed by atoms with Gasteiger partial charge in [-0.1, -0.05) is 6.92 Å². The third-order valence-electron chi connectivity index (χ3n) is 5.05. The molecule has 1 saturated heterocycles. The van der Waals surface area contributed by atoms with Gasteiger partial charge in [-0.3, -0.25) is 4.99 Å². The molecule has 1 aliphatic carbocycles. The fourth-order valence-electron chi connectivity index (χ4n) is 3.39. The van der Waals surface area contributed by atoms with E-state index in [1.54, 1.807) is 0 Å². The first-order valence-corrected chi connectivity index (χ1v) is 10.6. The van der Waals surface area contributed by atoms with Gasteiger partial charge in [0.1, 0.15) is 0 Å². The zero-order valence-corrected chi connectivity index (χ0v) is 19.3. The van der Waals surface area contributed by atoms with Crippen LogP contribution >= 0.6 is 24.0 Å². The van der Waals surface area contributed by atoms with E-state index in [0.29, 0.717) is 0 Å². The maximum Gasteiger partial charge on any atom is 0.191 e. The largest absolute Gasteiger partial charge is 0.381 e. The number of nitrogens with one attached hydrogen (secondary N) is 2. The monoisotopic (exact) mass is 480 g/mol. The summed E-state index contributed by atoms with van der Waals surface area (Å²) in [6, 6.07) is 0. The summed E-state index contributed by atoms with van der Waals surface area (Å²) in [4.78, 5) is 7.28. The molecule has 1 saturated carbocycles. The molecule has 0 amide bonds. The summed E-state index contributed by atoms with van der Waals surface area (Å²) in [6.45, 7) is 12.9. The highest BCUT2D eigenvalue weighted by molar-refractivity contribution is 14.0. The van der Waals surface area contributed by atoms with Gasteiger partial charge in [0, 0.05) is 39.4 Å². The third-order valence-corrected chi connectivity index (χ3v) is 5.05. The van der Waals surface area contributed by atoms with E-state index in [1.807, 2.05) is 0 Å². The number of hydrogen-bond acceptors (Lipinski definition) is 3. The zero-order chi connectivity index (χ0) is 17.7. The second kappa shape index (κ2) is 14.9. The van der Waals surface area contributed by atoms with E-state index >= 15 is 0 Å². The lowest BCUT2D eigenvalue weighted by atomic mass is 10.0. The standard InChI is InChI=1S/C20H40N4O.HI/c1-3-21-20(23-12-7-15-25-17-19-9-10-19)22-11-4-5-13-24-14-6-8-18(2)16-24;/h18-19H,3-17H2,1-2H3,(H2,21,22,23);1H. The summed E-state index contributed by atoms with van der Waals surface area (Å²) in [5, 5.41) is 6.80. The summed E-state index contributed by atoms with van der Waals surface area (Å²) < 4.78 is 5.66. The molecule has 0 aromatic rings. The lowest BCUT2D eigenvalue weighted by molar-refractivity contribution is 0.123. The molecule has 2 N–H and O–H groups in total. The molecule has 2 fully saturated rings. The SMILES string of the molecule is CCNC(=NCCCOCC1CC1)NCCCCN1CCCC(C)C1.I. The van der Waals surface area contributed by atoms with Crippen molar-refractivity contribution in [2.24, 2.45) is 16.8 Å². The van der Waals surface area contributed by atoms with E-state index in [-0.39, 0.29) is 24.0 Å². The minimum absolute atomic E-state index is 0. The van der Waals surface area contributed by atoms with E-state index < -0.39 is 0 Å². The van der Waals surface area contributed by atoms with Gasteiger partial charge in [0.25, 0.3) is 0 Å². The average Bonchev–Trinajstić information content (AvgIpc) is 3.42. The second-order valence-corrected chi connectivity index (χ2v) is 7.81. The number of halogens is 1. The Morgan fingerprint density at radius 2 is 2.00 bits per heavy atom. The summed E-state index contributed by atoms with van der Waals surface area (Å²) in [5.74, 6) is 2.69. The van der Waals surface area contributed by atoms with Crippen molar-refractivity contribution < 1.29 is 4.74 Å². The van der Waals surface area contributed by atoms with Crippen LogP contribution in [0.5, 0.6) is 0 Å². The molecule has 1 atom stereocenters. The number of likely N-dealkylation sites (tertiary alicyclic amines) is 1. The second-order valence-electron chi connectivity index (χ2n) is 7.81. The average molecular weight is 480 g/mol. The van der Waals surface area contributed by atoms with Crippen LogP contribution < -0.4 is 10.6 Å². The number of unbranched alkanes of at least 4 members (excludes halogenated alkanes) is 1. The van der Waals surface area contributed by atoms with Gasteiger partial charge in [0.05, 0.1) is 0 Å². The molecule has 1 aliphatic heterocycles. The van der Waals surface area contributed by atoms with Gasteiger partial charge in [-0.25, -0.2) is 0 Å². The normalized spacial score (nSPS) is 21.3. The summed E-state index contributed by atoms with van der Waals surface area (Å²) in [6.07, 6.45) is 9.00. The highest BCUT2D eigenvalue weighted by Crippen LogP contribution is 2.28. The minimum Gasteiger partial charge on any atom is -0.381 e. The highest BCUT2D eigenvalue weighted by Gasteiger charge is 2.20. The Morgan fingerprint density at radius 1 is 1.15 bits per heavy atom. The maximum atomic E-state index is 5.66. The van der Waals surface area contributed by atoms with Crippen molar-refractivity contribution >= 4 is 29.9 Å². The third kappa shape index (κ3) is 11.6. The van der Waals surface area contributed by atoms with Gasteiger partial charge < -0.3 is 20.3 Å². The molecule has 6 heteroatoms. The predicted octanol–water partition coefficient (Wildman–Crippen LogP) is 3.49. The zero-order valence-electron chi connectivity index (χ0n) is 17.0. The Bertz CT molecular complexity index is 377. The lowest BCUT2D eigenvalue weighted by Gasteiger charge is -2.30. The first-order valence-electron chi connectivity index (χ1n) is 10.6. The van der Waals surface area contributed by atoms with E-state index in [0.717, 1.165) is 57.1 Å². The van der Waals surface area contributed by atoms with Gasteiger partial charge in [-0.15, -0.1) is 24.0 Å². The van der Waals surface area contributed by atoms with Crippen LogP contribution in [0.4, 0.5) is 0 Å². The Morgan fingerprint density at radius 3 is 2.73 bits per heavy atom. The molecule has 154 valence electrons. The Hall–Kier alpha value is -0.0800. The summed E-state index contributed by atoms with van der Waals surface area (Å²) in [5.41, 5.74) is 0. The van der Waals surface area contributed by atoms with Gasteiger partial charge >= 0.3 is 0 Å². The van der Waals surface area contributed by atoms with E-state index in [9.17, 15) is 0 Å². The number of rotatable bonds is 12. The molecule has 0 bridgehead atoms. The maximum absolute atomic E-state index is 5.66. The van der Waals surface area contributed by atoms with Gasteiger partial charge in [-0.2, -0.15) is 0 Å². The van der Waals surface area contributed by atoms with E-state index in [4.69, 9.17) is 4.74 Å². The predicted molar refractivity (Wildman–Crippen MR) is 122 cm³/mol. The van der Waals surface area contributed by atoms with E-state index in [1.165, 1.54) is 58.2 Å². The van der Waals surface area contributed by atoms with Crippen molar-refractivity contribution in [3.63, 3.8) is 0 Å². The van der Waals surface area contributed by atoms with E-state index in [2.05, 4.69) is 34.4 Å². The molecular formula is C20H41IN4O. The lowest BCUT2D eigenvalue weighted by Crippen LogP contribution is -2.38. The number of aliphatic imine (C=N–C) groups is 1. The van der Waals surface area contributed by atoms with Crippen LogP contribution in [0.1, 0.15) is 58.8 Å². The first kappa shape index (κ1) is 24.0. The molecule has 1 heterocycles. The molecule has 2 aliphatic rings. The summed E-state index contributed by atoms with van der Waals surface area (Å²) in [7, 11) is 0. The molecule has 0 spiro atoms. The molecule has 5 nitrogen and oxygen atoms in total. The molecule has 1 unspecified atom stereocenters. The summed E-state index contributed by atoms with van der Waals surface area (Å²) >= 11 is 0. The Balaban J connectivity index is 0.00000338. The van der Waals surface area contributed by atoms with Crippen LogP contribution in [0.3, 0.4) is 0 Å². The minimum atomic E-state index is 0. The van der Waals surface area contributed by atoms with Crippen LogP contribution in [0, 0.1) is 11.8 Å². The quantitative estimate of drug-likeness (QED) is 0.194. The number of piperidine rings is 1. The number of guanidine groups is 1. The molecule has 0 aromatic carbocycles. The van der Waals surface area contributed by atoms with Crippen molar-refractivity contribution in [1.29, 1.82) is 0 Å². The fraction of sp³-hybridized carbons (Fsp3) is 0.950. The van der Waals surface area contributed by atoms with Crippen LogP contribution in [-0.2, 0) is 4.74 Å². The molecular weight excluding hydrogens is 439 g/mol. The Labute approximate surface area is 178 Å². The number of hydrogen-bond donors (Lipinski definition) is 2. The van der Waals surface area contributed by atoms with Gasteiger partial charge in [0.15, 0.2) is 5.96 Å². The molecule has 2 rings (SSSR count). The highest BCUT2D eigenvalue weighted by atomic mass is 127. The van der Waals surface area contributed by atoms with Gasteiger partial charge in [-0.05, 0) is 76.8 Å². The van der Waals surface area contributed by atoms with Crippen molar-refractivity contribution in [1.82, 2.24) is 15.5 Å². The van der Waals surface area contributed by atoms with Crippen LogP contribution in [0.2, 0.25) is 0 Å². The number of nitrogens with zero attached hydrogens (tertiary/aromatic N) is 2.